The zero-order chi connectivity index (χ0) is 18.7. The van der Waals surface area contributed by atoms with Crippen molar-refractivity contribution >= 4 is 17.7 Å². The van der Waals surface area contributed by atoms with E-state index >= 15 is 0 Å². The van der Waals surface area contributed by atoms with E-state index < -0.39 is 11.0 Å². The summed E-state index contributed by atoms with van der Waals surface area (Å²) in [7, 11) is 0. The molecule has 138 valence electrons. The number of halogens is 1. The first-order valence-electron chi connectivity index (χ1n) is 8.70. The summed E-state index contributed by atoms with van der Waals surface area (Å²) in [5.74, 6) is -0.417. The van der Waals surface area contributed by atoms with Gasteiger partial charge in [-0.05, 0) is 64.3 Å². The predicted octanol–water partition coefficient (Wildman–Crippen LogP) is 4.19. The van der Waals surface area contributed by atoms with Crippen LogP contribution in [0.5, 0.6) is 0 Å². The number of carbonyl (C=O) groups excluding carboxylic acids is 2. The molecule has 0 saturated carbocycles. The van der Waals surface area contributed by atoms with E-state index in [9.17, 15) is 14.0 Å². The molecular weight excluding hydrogens is 323 g/mol. The van der Waals surface area contributed by atoms with Crippen molar-refractivity contribution in [2.24, 2.45) is 5.41 Å². The van der Waals surface area contributed by atoms with E-state index in [2.05, 4.69) is 5.32 Å². The number of likely N-dealkylation sites (tertiary alicyclic amines) is 1. The van der Waals surface area contributed by atoms with Crippen LogP contribution in [0.15, 0.2) is 24.3 Å². The number of carbonyl (C=O) groups is 2. The van der Waals surface area contributed by atoms with Crippen LogP contribution in [0.2, 0.25) is 0 Å². The summed E-state index contributed by atoms with van der Waals surface area (Å²) in [6.45, 7) is 8.45. The molecule has 1 aromatic carbocycles. The van der Waals surface area contributed by atoms with E-state index in [0.717, 1.165) is 0 Å². The Kier molecular flexibility index (Phi) is 5.70. The number of piperidine rings is 1. The highest BCUT2D eigenvalue weighted by Gasteiger charge is 2.41. The third kappa shape index (κ3) is 4.94. The van der Waals surface area contributed by atoms with Crippen LogP contribution in [0.25, 0.3) is 0 Å². The van der Waals surface area contributed by atoms with Gasteiger partial charge in [0.15, 0.2) is 0 Å². The summed E-state index contributed by atoms with van der Waals surface area (Å²) in [5, 5.41) is 2.87. The number of hydrogen-bond donors (Lipinski definition) is 1. The molecule has 0 radical (unpaired) electrons. The van der Waals surface area contributed by atoms with E-state index in [-0.39, 0.29) is 17.8 Å². The maximum Gasteiger partial charge on any atom is 0.410 e. The molecule has 6 heteroatoms. The highest BCUT2D eigenvalue weighted by molar-refractivity contribution is 5.95. The molecule has 1 heterocycles. The average molecular weight is 350 g/mol. The highest BCUT2D eigenvalue weighted by atomic mass is 19.1. The molecule has 1 saturated heterocycles. The van der Waals surface area contributed by atoms with Crippen LogP contribution in [0.3, 0.4) is 0 Å². The minimum atomic E-state index is -0.531. The molecule has 0 atom stereocenters. The van der Waals surface area contributed by atoms with Gasteiger partial charge in [0.05, 0.1) is 5.41 Å². The van der Waals surface area contributed by atoms with E-state index in [4.69, 9.17) is 4.74 Å². The Morgan fingerprint density at radius 1 is 1.20 bits per heavy atom. The summed E-state index contributed by atoms with van der Waals surface area (Å²) < 4.78 is 18.4. The fourth-order valence-corrected chi connectivity index (χ4v) is 2.98. The van der Waals surface area contributed by atoms with Gasteiger partial charge < -0.3 is 15.0 Å². The molecule has 2 rings (SSSR count). The zero-order valence-electron chi connectivity index (χ0n) is 15.4. The third-order valence-electron chi connectivity index (χ3n) is 4.63. The second-order valence-corrected chi connectivity index (χ2v) is 7.56. The van der Waals surface area contributed by atoms with Crippen LogP contribution in [-0.2, 0) is 9.53 Å². The second-order valence-electron chi connectivity index (χ2n) is 7.56. The first-order chi connectivity index (χ1) is 11.6. The Bertz CT molecular complexity index is 615. The molecule has 1 fully saturated rings. The number of benzene rings is 1. The number of nitrogens with one attached hydrogen (secondary N) is 1. The molecule has 1 N–H and O–H groups in total. The SMILES string of the molecule is CCC1(C(=O)Nc2ccc(F)cc2)CCN(C(=O)OC(C)(C)C)CC1. The fraction of sp³-hybridized carbons (Fsp3) is 0.579. The Balaban J connectivity index is 1.99. The molecule has 1 aromatic rings. The number of ether oxygens (including phenoxy) is 1. The minimum absolute atomic E-state index is 0.0783. The maximum atomic E-state index is 13.0. The molecule has 2 amide bonds. The zero-order valence-corrected chi connectivity index (χ0v) is 15.4. The van der Waals surface area contributed by atoms with Crippen LogP contribution >= 0.6 is 0 Å². The number of nitrogens with zero attached hydrogens (tertiary/aromatic N) is 1. The lowest BCUT2D eigenvalue weighted by Crippen LogP contribution is -2.49. The molecule has 0 unspecified atom stereocenters. The highest BCUT2D eigenvalue weighted by Crippen LogP contribution is 2.36. The van der Waals surface area contributed by atoms with E-state index in [0.29, 0.717) is 38.0 Å². The monoisotopic (exact) mass is 350 g/mol. The lowest BCUT2D eigenvalue weighted by molar-refractivity contribution is -0.128. The molecule has 25 heavy (non-hydrogen) atoms. The molecule has 5 nitrogen and oxygen atoms in total. The number of rotatable bonds is 3. The number of amides is 2. The Morgan fingerprint density at radius 3 is 2.24 bits per heavy atom. The summed E-state index contributed by atoms with van der Waals surface area (Å²) in [6.07, 6.45) is 1.50. The van der Waals surface area contributed by atoms with Gasteiger partial charge in [0, 0.05) is 18.8 Å². The lowest BCUT2D eigenvalue weighted by atomic mass is 9.75. The topological polar surface area (TPSA) is 58.6 Å². The lowest BCUT2D eigenvalue weighted by Gasteiger charge is -2.40. The molecule has 0 bridgehead atoms. The smallest absolute Gasteiger partial charge is 0.410 e. The van der Waals surface area contributed by atoms with Crippen LogP contribution in [0.4, 0.5) is 14.9 Å². The van der Waals surface area contributed by atoms with Crippen molar-refractivity contribution in [1.82, 2.24) is 4.90 Å². The van der Waals surface area contributed by atoms with Crippen LogP contribution in [-0.4, -0.2) is 35.6 Å². The maximum absolute atomic E-state index is 13.0. The summed E-state index contributed by atoms with van der Waals surface area (Å²) >= 11 is 0. The van der Waals surface area contributed by atoms with Gasteiger partial charge >= 0.3 is 6.09 Å². The van der Waals surface area contributed by atoms with Crippen LogP contribution in [0.1, 0.15) is 47.0 Å². The van der Waals surface area contributed by atoms with Gasteiger partial charge in [-0.15, -0.1) is 0 Å². The summed E-state index contributed by atoms with van der Waals surface area (Å²) in [5.41, 5.74) is -0.475. The Hall–Kier alpha value is -2.11. The van der Waals surface area contributed by atoms with E-state index in [1.54, 1.807) is 17.0 Å². The number of anilines is 1. The van der Waals surface area contributed by atoms with Crippen molar-refractivity contribution in [3.8, 4) is 0 Å². The standard InChI is InChI=1S/C19H27FN2O3/c1-5-19(16(23)21-15-8-6-14(20)7-9-15)10-12-22(13-11-19)17(24)25-18(2,3)4/h6-9H,5,10-13H2,1-4H3,(H,21,23). The van der Waals surface area contributed by atoms with Gasteiger partial charge in [0.2, 0.25) is 5.91 Å². The van der Waals surface area contributed by atoms with Crippen molar-refractivity contribution in [3.63, 3.8) is 0 Å². The molecule has 0 spiro atoms. The van der Waals surface area contributed by atoms with Crippen LogP contribution < -0.4 is 5.32 Å². The molecule has 1 aliphatic heterocycles. The Morgan fingerprint density at radius 2 is 1.76 bits per heavy atom. The third-order valence-corrected chi connectivity index (χ3v) is 4.63. The van der Waals surface area contributed by atoms with Crippen molar-refractivity contribution in [2.75, 3.05) is 18.4 Å². The molecule has 0 aromatic heterocycles. The number of hydrogen-bond acceptors (Lipinski definition) is 3. The van der Waals surface area contributed by atoms with Crippen molar-refractivity contribution in [1.29, 1.82) is 0 Å². The first kappa shape index (κ1) is 19.2. The minimum Gasteiger partial charge on any atom is -0.444 e. The second kappa shape index (κ2) is 7.42. The molecular formula is C19H27FN2O3. The van der Waals surface area contributed by atoms with Gasteiger partial charge in [0.1, 0.15) is 11.4 Å². The van der Waals surface area contributed by atoms with E-state index in [1.165, 1.54) is 12.1 Å². The largest absolute Gasteiger partial charge is 0.444 e. The summed E-state index contributed by atoms with van der Waals surface area (Å²) in [6, 6.07) is 5.73. The summed E-state index contributed by atoms with van der Waals surface area (Å²) in [4.78, 5) is 26.6. The van der Waals surface area contributed by atoms with Crippen molar-refractivity contribution < 1.29 is 18.7 Å². The Labute approximate surface area is 148 Å². The van der Waals surface area contributed by atoms with Gasteiger partial charge in [-0.25, -0.2) is 9.18 Å². The van der Waals surface area contributed by atoms with Gasteiger partial charge in [0.25, 0.3) is 0 Å². The van der Waals surface area contributed by atoms with Crippen LogP contribution in [0, 0.1) is 11.2 Å². The van der Waals surface area contributed by atoms with Gasteiger partial charge in [-0.2, -0.15) is 0 Å². The normalized spacial score (nSPS) is 17.1. The quantitative estimate of drug-likeness (QED) is 0.889. The van der Waals surface area contributed by atoms with Gasteiger partial charge in [-0.1, -0.05) is 6.92 Å². The molecule has 0 aliphatic carbocycles. The van der Waals surface area contributed by atoms with Crippen molar-refractivity contribution in [2.45, 2.75) is 52.6 Å². The predicted molar refractivity (Wildman–Crippen MR) is 94.8 cm³/mol. The average Bonchev–Trinajstić information content (AvgIpc) is 2.55. The fourth-order valence-electron chi connectivity index (χ4n) is 2.98. The first-order valence-corrected chi connectivity index (χ1v) is 8.70. The molecule has 1 aliphatic rings. The van der Waals surface area contributed by atoms with Gasteiger partial charge in [-0.3, -0.25) is 4.79 Å². The van der Waals surface area contributed by atoms with Crippen molar-refractivity contribution in [3.05, 3.63) is 30.1 Å². The van der Waals surface area contributed by atoms with E-state index in [1.807, 2.05) is 27.7 Å².